The quantitative estimate of drug-likeness (QED) is 0.283. The molecule has 0 saturated carbocycles. The van der Waals surface area contributed by atoms with Crippen LogP contribution in [0.3, 0.4) is 0 Å². The number of aromatic carboxylic acids is 1. The SMILES string of the molecule is CC(NCCc1nn(C)c(Cc2ccccc2)c1C(=O)O)c1ccc(-n2cnc3c(N)ncnc32)cc1. The first-order valence-corrected chi connectivity index (χ1v) is 12.0. The molecule has 0 spiro atoms. The zero-order valence-corrected chi connectivity index (χ0v) is 20.7. The van der Waals surface area contributed by atoms with Gasteiger partial charge in [0, 0.05) is 38.2 Å². The van der Waals surface area contributed by atoms with Crippen LogP contribution in [0, 0.1) is 0 Å². The van der Waals surface area contributed by atoms with Crippen molar-refractivity contribution in [1.82, 2.24) is 34.6 Å². The molecule has 0 aliphatic rings. The maximum atomic E-state index is 12.1. The average Bonchev–Trinajstić information content (AvgIpc) is 3.47. The smallest absolute Gasteiger partial charge is 0.339 e. The highest BCUT2D eigenvalue weighted by Crippen LogP contribution is 2.22. The Morgan fingerprint density at radius 2 is 1.84 bits per heavy atom. The molecule has 0 fully saturated rings. The van der Waals surface area contributed by atoms with Gasteiger partial charge in [-0.25, -0.2) is 19.7 Å². The lowest BCUT2D eigenvalue weighted by molar-refractivity contribution is 0.0694. The first-order valence-electron chi connectivity index (χ1n) is 12.0. The monoisotopic (exact) mass is 496 g/mol. The molecule has 10 nitrogen and oxygen atoms in total. The van der Waals surface area contributed by atoms with Crippen molar-refractivity contribution in [2.24, 2.45) is 7.05 Å². The number of hydrogen-bond donors (Lipinski definition) is 3. The van der Waals surface area contributed by atoms with E-state index in [0.717, 1.165) is 16.8 Å². The number of rotatable bonds is 9. The van der Waals surface area contributed by atoms with Crippen molar-refractivity contribution >= 4 is 23.0 Å². The number of anilines is 1. The number of nitrogen functional groups attached to an aromatic ring is 1. The molecule has 3 aromatic heterocycles. The minimum absolute atomic E-state index is 0.0623. The normalized spacial score (nSPS) is 12.2. The Kier molecular flexibility index (Phi) is 6.65. The van der Waals surface area contributed by atoms with Crippen molar-refractivity contribution in [3.63, 3.8) is 0 Å². The lowest BCUT2D eigenvalue weighted by Crippen LogP contribution is -2.22. The van der Waals surface area contributed by atoms with Gasteiger partial charge in [-0.3, -0.25) is 9.25 Å². The first-order chi connectivity index (χ1) is 17.9. The molecule has 3 heterocycles. The largest absolute Gasteiger partial charge is 0.478 e. The van der Waals surface area contributed by atoms with Crippen molar-refractivity contribution < 1.29 is 9.90 Å². The van der Waals surface area contributed by atoms with E-state index in [2.05, 4.69) is 32.3 Å². The fraction of sp³-hybridized carbons (Fsp3) is 0.222. The molecule has 0 saturated heterocycles. The number of nitrogens with two attached hydrogens (primary N) is 1. The van der Waals surface area contributed by atoms with Crippen LogP contribution >= 0.6 is 0 Å². The lowest BCUT2D eigenvalue weighted by atomic mass is 10.0. The summed E-state index contributed by atoms with van der Waals surface area (Å²) in [5.41, 5.74) is 11.8. The summed E-state index contributed by atoms with van der Waals surface area (Å²) < 4.78 is 3.56. The molecular weight excluding hydrogens is 468 g/mol. The first kappa shape index (κ1) is 24.1. The van der Waals surface area contributed by atoms with Gasteiger partial charge in [-0.05, 0) is 30.2 Å². The second kappa shape index (κ2) is 10.2. The molecule has 1 atom stereocenters. The van der Waals surface area contributed by atoms with E-state index in [1.165, 1.54) is 6.33 Å². The Hall–Kier alpha value is -4.57. The van der Waals surface area contributed by atoms with Crippen molar-refractivity contribution in [2.75, 3.05) is 12.3 Å². The van der Waals surface area contributed by atoms with E-state index in [1.807, 2.05) is 59.2 Å². The standard InChI is InChI=1S/C27H28N8O2/c1-17(19-8-10-20(11-9-19)35-16-32-24-25(28)30-15-31-26(24)35)29-13-12-21-23(27(36)37)22(34(2)33-21)14-18-6-4-3-5-7-18/h3-11,15-17,29H,12-14H2,1-2H3,(H,36,37)(H2,28,30,31). The van der Waals surface area contributed by atoms with Gasteiger partial charge in [-0.15, -0.1) is 0 Å². The number of imidazole rings is 1. The summed E-state index contributed by atoms with van der Waals surface area (Å²) in [6, 6.07) is 18.0. The van der Waals surface area contributed by atoms with Gasteiger partial charge < -0.3 is 16.2 Å². The van der Waals surface area contributed by atoms with E-state index in [0.29, 0.717) is 53.3 Å². The van der Waals surface area contributed by atoms with E-state index in [4.69, 9.17) is 5.73 Å². The fourth-order valence-corrected chi connectivity index (χ4v) is 4.52. The molecule has 5 rings (SSSR count). The summed E-state index contributed by atoms with van der Waals surface area (Å²) in [7, 11) is 1.80. The van der Waals surface area contributed by atoms with E-state index in [9.17, 15) is 9.90 Å². The van der Waals surface area contributed by atoms with Gasteiger partial charge in [0.05, 0.1) is 11.4 Å². The van der Waals surface area contributed by atoms with Gasteiger partial charge in [0.15, 0.2) is 17.0 Å². The maximum absolute atomic E-state index is 12.1. The predicted molar refractivity (Wildman–Crippen MR) is 141 cm³/mol. The van der Waals surface area contributed by atoms with Crippen LogP contribution in [0.4, 0.5) is 5.82 Å². The molecule has 1 unspecified atom stereocenters. The van der Waals surface area contributed by atoms with Gasteiger partial charge >= 0.3 is 5.97 Å². The van der Waals surface area contributed by atoms with Gasteiger partial charge in [0.1, 0.15) is 18.2 Å². The number of aryl methyl sites for hydroxylation is 1. The van der Waals surface area contributed by atoms with Gasteiger partial charge in [0.2, 0.25) is 0 Å². The highest BCUT2D eigenvalue weighted by atomic mass is 16.4. The van der Waals surface area contributed by atoms with Crippen LogP contribution in [0.5, 0.6) is 0 Å². The van der Waals surface area contributed by atoms with Crippen LogP contribution in [-0.2, 0) is 19.9 Å². The molecule has 0 aliphatic carbocycles. The highest BCUT2D eigenvalue weighted by molar-refractivity contribution is 5.90. The minimum Gasteiger partial charge on any atom is -0.478 e. The number of aromatic nitrogens is 6. The number of hydrogen-bond acceptors (Lipinski definition) is 7. The molecule has 4 N–H and O–H groups in total. The molecule has 0 amide bonds. The van der Waals surface area contributed by atoms with Crippen LogP contribution in [-0.4, -0.2) is 46.9 Å². The second-order valence-corrected chi connectivity index (χ2v) is 8.92. The zero-order chi connectivity index (χ0) is 25.9. The predicted octanol–water partition coefficient (Wildman–Crippen LogP) is 3.31. The van der Waals surface area contributed by atoms with Gasteiger partial charge in [-0.2, -0.15) is 5.10 Å². The van der Waals surface area contributed by atoms with Crippen LogP contribution < -0.4 is 11.1 Å². The Morgan fingerprint density at radius 3 is 2.57 bits per heavy atom. The average molecular weight is 497 g/mol. The summed E-state index contributed by atoms with van der Waals surface area (Å²) in [6.07, 6.45) is 4.14. The van der Waals surface area contributed by atoms with E-state index in [-0.39, 0.29) is 6.04 Å². The number of carboxylic acid groups (broad SMARTS) is 1. The second-order valence-electron chi connectivity index (χ2n) is 8.92. The number of carbonyl (C=O) groups is 1. The minimum atomic E-state index is -0.947. The third-order valence-corrected chi connectivity index (χ3v) is 6.51. The van der Waals surface area contributed by atoms with E-state index >= 15 is 0 Å². The van der Waals surface area contributed by atoms with Crippen LogP contribution in [0.2, 0.25) is 0 Å². The van der Waals surface area contributed by atoms with E-state index in [1.54, 1.807) is 18.1 Å². The topological polar surface area (TPSA) is 137 Å². The lowest BCUT2D eigenvalue weighted by Gasteiger charge is -2.15. The summed E-state index contributed by atoms with van der Waals surface area (Å²) in [6.45, 7) is 2.67. The molecule has 10 heteroatoms. The summed E-state index contributed by atoms with van der Waals surface area (Å²) in [4.78, 5) is 24.7. The molecule has 188 valence electrons. The third-order valence-electron chi connectivity index (χ3n) is 6.51. The Balaban J connectivity index is 1.25. The molecular formula is C27H28N8O2. The third kappa shape index (κ3) is 4.91. The Morgan fingerprint density at radius 1 is 1.08 bits per heavy atom. The van der Waals surface area contributed by atoms with Gasteiger partial charge in [-0.1, -0.05) is 42.5 Å². The number of nitrogens with zero attached hydrogens (tertiary/aromatic N) is 6. The molecule has 0 radical (unpaired) electrons. The maximum Gasteiger partial charge on any atom is 0.339 e. The van der Waals surface area contributed by atoms with Crippen molar-refractivity contribution in [2.45, 2.75) is 25.8 Å². The number of carboxylic acids is 1. The number of benzene rings is 2. The van der Waals surface area contributed by atoms with Gasteiger partial charge in [0.25, 0.3) is 0 Å². The molecule has 37 heavy (non-hydrogen) atoms. The highest BCUT2D eigenvalue weighted by Gasteiger charge is 2.22. The van der Waals surface area contributed by atoms with E-state index < -0.39 is 5.97 Å². The fourth-order valence-electron chi connectivity index (χ4n) is 4.52. The molecule has 0 aliphatic heterocycles. The van der Waals surface area contributed by atoms with Crippen molar-refractivity contribution in [3.8, 4) is 5.69 Å². The van der Waals surface area contributed by atoms with Crippen LogP contribution in [0.1, 0.15) is 45.8 Å². The van der Waals surface area contributed by atoms with Crippen LogP contribution in [0.15, 0.2) is 67.3 Å². The summed E-state index contributed by atoms with van der Waals surface area (Å²) in [5.74, 6) is -0.596. The molecule has 2 aromatic carbocycles. The van der Waals surface area contributed by atoms with Crippen LogP contribution in [0.25, 0.3) is 16.9 Å². The number of fused-ring (bicyclic) bond motifs is 1. The summed E-state index contributed by atoms with van der Waals surface area (Å²) in [5, 5.41) is 17.9. The van der Waals surface area contributed by atoms with Crippen molar-refractivity contribution in [3.05, 3.63) is 95.3 Å². The summed E-state index contributed by atoms with van der Waals surface area (Å²) >= 11 is 0. The molecule has 5 aromatic rings. The molecule has 0 bridgehead atoms. The number of nitrogens with one attached hydrogen (secondary N) is 1. The Labute approximate surface area is 213 Å². The Bertz CT molecular complexity index is 1540. The van der Waals surface area contributed by atoms with Crippen molar-refractivity contribution in [1.29, 1.82) is 0 Å². The zero-order valence-electron chi connectivity index (χ0n) is 20.7.